The van der Waals surface area contributed by atoms with Crippen LogP contribution in [0, 0.1) is 6.92 Å². The fourth-order valence-corrected chi connectivity index (χ4v) is 2.66. The minimum absolute atomic E-state index is 0.442. The second-order valence-electron chi connectivity index (χ2n) is 6.41. The summed E-state index contributed by atoms with van der Waals surface area (Å²) in [5.41, 5.74) is 2.94. The van der Waals surface area contributed by atoms with E-state index >= 15 is 0 Å². The third-order valence-corrected chi connectivity index (χ3v) is 4.17. The van der Waals surface area contributed by atoms with Crippen molar-refractivity contribution in [3.63, 3.8) is 0 Å². The second-order valence-corrected chi connectivity index (χ2v) is 6.41. The molecule has 2 N–H and O–H groups in total. The molecule has 148 valence electrons. The highest BCUT2D eigenvalue weighted by atomic mass is 16.5. The molecule has 0 bridgehead atoms. The molecule has 29 heavy (non-hydrogen) atoms. The smallest absolute Gasteiger partial charge is 0.314 e. The van der Waals surface area contributed by atoms with Crippen LogP contribution < -0.4 is 20.1 Å². The van der Waals surface area contributed by atoms with Gasteiger partial charge >= 0.3 is 11.8 Å². The van der Waals surface area contributed by atoms with Crippen molar-refractivity contribution in [1.29, 1.82) is 0 Å². The summed E-state index contributed by atoms with van der Waals surface area (Å²) in [5.74, 6) is -0.401. The van der Waals surface area contributed by atoms with E-state index in [-0.39, 0.29) is 0 Å². The lowest BCUT2D eigenvalue weighted by Gasteiger charge is -2.11. The topological polar surface area (TPSA) is 76.7 Å². The van der Waals surface area contributed by atoms with E-state index in [9.17, 15) is 9.59 Å². The molecule has 0 aliphatic rings. The number of anilines is 2. The van der Waals surface area contributed by atoms with Crippen molar-refractivity contribution in [2.45, 2.75) is 13.5 Å². The molecule has 3 aromatic carbocycles. The monoisotopic (exact) mass is 390 g/mol. The van der Waals surface area contributed by atoms with Crippen LogP contribution in [0.15, 0.2) is 72.8 Å². The minimum atomic E-state index is -0.779. The van der Waals surface area contributed by atoms with Gasteiger partial charge in [-0.25, -0.2) is 0 Å². The van der Waals surface area contributed by atoms with E-state index in [1.165, 1.54) is 7.11 Å². The lowest BCUT2D eigenvalue weighted by Crippen LogP contribution is -2.29. The Morgan fingerprint density at radius 3 is 2.24 bits per heavy atom. The van der Waals surface area contributed by atoms with Crippen LogP contribution in [0.2, 0.25) is 0 Å². The number of hydrogen-bond donors (Lipinski definition) is 2. The first-order chi connectivity index (χ1) is 14.0. The Morgan fingerprint density at radius 2 is 1.55 bits per heavy atom. The van der Waals surface area contributed by atoms with Crippen LogP contribution in [-0.4, -0.2) is 18.9 Å². The van der Waals surface area contributed by atoms with Crippen molar-refractivity contribution >= 4 is 23.2 Å². The SMILES string of the molecule is COc1ccc(C)cc1NC(=O)C(=O)Nc1ccc(OCc2ccccc2)cc1. The zero-order valence-corrected chi connectivity index (χ0v) is 16.3. The van der Waals surface area contributed by atoms with E-state index in [1.807, 2.05) is 43.3 Å². The van der Waals surface area contributed by atoms with Crippen molar-refractivity contribution in [2.75, 3.05) is 17.7 Å². The predicted octanol–water partition coefficient (Wildman–Crippen LogP) is 4.16. The van der Waals surface area contributed by atoms with Crippen molar-refractivity contribution in [2.24, 2.45) is 0 Å². The average molecular weight is 390 g/mol. The molecule has 6 heteroatoms. The van der Waals surface area contributed by atoms with Crippen molar-refractivity contribution in [3.05, 3.63) is 83.9 Å². The maximum Gasteiger partial charge on any atom is 0.314 e. The molecule has 0 spiro atoms. The van der Waals surface area contributed by atoms with Gasteiger partial charge in [-0.15, -0.1) is 0 Å². The first-order valence-corrected chi connectivity index (χ1v) is 9.09. The van der Waals surface area contributed by atoms with Crippen LogP contribution in [0.25, 0.3) is 0 Å². The molecule has 0 aliphatic carbocycles. The van der Waals surface area contributed by atoms with Crippen LogP contribution in [0.4, 0.5) is 11.4 Å². The number of carbonyl (C=O) groups excluding carboxylic acids is 2. The number of carbonyl (C=O) groups is 2. The summed E-state index contributed by atoms with van der Waals surface area (Å²) in [6, 6.07) is 22.0. The van der Waals surface area contributed by atoms with Gasteiger partial charge in [-0.3, -0.25) is 9.59 Å². The summed E-state index contributed by atoms with van der Waals surface area (Å²) < 4.78 is 10.9. The molecule has 0 unspecified atom stereocenters. The molecule has 0 saturated heterocycles. The van der Waals surface area contributed by atoms with Crippen LogP contribution >= 0.6 is 0 Å². The van der Waals surface area contributed by atoms with E-state index in [0.717, 1.165) is 11.1 Å². The molecule has 6 nitrogen and oxygen atoms in total. The van der Waals surface area contributed by atoms with E-state index in [4.69, 9.17) is 9.47 Å². The van der Waals surface area contributed by atoms with Gasteiger partial charge in [0, 0.05) is 5.69 Å². The summed E-state index contributed by atoms with van der Waals surface area (Å²) in [7, 11) is 1.50. The highest BCUT2D eigenvalue weighted by molar-refractivity contribution is 6.43. The number of amides is 2. The van der Waals surface area contributed by atoms with E-state index in [1.54, 1.807) is 36.4 Å². The van der Waals surface area contributed by atoms with Gasteiger partial charge in [-0.1, -0.05) is 36.4 Å². The second kappa shape index (κ2) is 9.41. The molecule has 3 aromatic rings. The van der Waals surface area contributed by atoms with Crippen LogP contribution in [0.3, 0.4) is 0 Å². The highest BCUT2D eigenvalue weighted by Gasteiger charge is 2.16. The maximum absolute atomic E-state index is 12.2. The lowest BCUT2D eigenvalue weighted by atomic mass is 10.2. The number of aryl methyl sites for hydroxylation is 1. The fraction of sp³-hybridized carbons (Fsp3) is 0.130. The molecular formula is C23H22N2O4. The number of rotatable bonds is 6. The molecule has 0 heterocycles. The van der Waals surface area contributed by atoms with Crippen LogP contribution in [0.5, 0.6) is 11.5 Å². The normalized spacial score (nSPS) is 10.1. The first kappa shape index (κ1) is 19.9. The molecule has 0 aliphatic heterocycles. The van der Waals surface area contributed by atoms with Crippen molar-refractivity contribution in [3.8, 4) is 11.5 Å². The van der Waals surface area contributed by atoms with Crippen molar-refractivity contribution < 1.29 is 19.1 Å². The summed E-state index contributed by atoms with van der Waals surface area (Å²) in [5, 5.41) is 5.14. The zero-order chi connectivity index (χ0) is 20.6. The van der Waals surface area contributed by atoms with Gasteiger partial charge in [0.05, 0.1) is 12.8 Å². The number of methoxy groups -OCH3 is 1. The van der Waals surface area contributed by atoms with E-state index < -0.39 is 11.8 Å². The Balaban J connectivity index is 1.56. The third-order valence-electron chi connectivity index (χ3n) is 4.17. The number of hydrogen-bond acceptors (Lipinski definition) is 4. The molecular weight excluding hydrogens is 368 g/mol. The quantitative estimate of drug-likeness (QED) is 0.620. The Labute approximate surface area is 169 Å². The molecule has 0 radical (unpaired) electrons. The molecule has 2 amide bonds. The minimum Gasteiger partial charge on any atom is -0.495 e. The van der Waals surface area contributed by atoms with Crippen LogP contribution in [0.1, 0.15) is 11.1 Å². The van der Waals surface area contributed by atoms with Crippen molar-refractivity contribution in [1.82, 2.24) is 0 Å². The highest BCUT2D eigenvalue weighted by Crippen LogP contribution is 2.25. The zero-order valence-electron chi connectivity index (χ0n) is 16.3. The van der Waals surface area contributed by atoms with Gasteiger partial charge in [0.1, 0.15) is 18.1 Å². The molecule has 0 aromatic heterocycles. The Bertz CT molecular complexity index is 986. The Morgan fingerprint density at radius 1 is 0.862 bits per heavy atom. The first-order valence-electron chi connectivity index (χ1n) is 9.09. The van der Waals surface area contributed by atoms with Gasteiger partial charge < -0.3 is 20.1 Å². The molecule has 0 fully saturated rings. The summed E-state index contributed by atoms with van der Waals surface area (Å²) in [4.78, 5) is 24.4. The Kier molecular flexibility index (Phi) is 6.47. The van der Waals surface area contributed by atoms with E-state index in [0.29, 0.717) is 29.5 Å². The average Bonchev–Trinajstić information content (AvgIpc) is 2.74. The lowest BCUT2D eigenvalue weighted by molar-refractivity contribution is -0.133. The number of ether oxygens (including phenoxy) is 2. The molecule has 3 rings (SSSR count). The van der Waals surface area contributed by atoms with Gasteiger partial charge in [0.2, 0.25) is 0 Å². The standard InChI is InChI=1S/C23H22N2O4/c1-16-8-13-21(28-2)20(14-16)25-23(27)22(26)24-18-9-11-19(12-10-18)29-15-17-6-4-3-5-7-17/h3-14H,15H2,1-2H3,(H,24,26)(H,25,27). The largest absolute Gasteiger partial charge is 0.495 e. The summed E-state index contributed by atoms with van der Waals surface area (Å²) in [6.07, 6.45) is 0. The fourth-order valence-electron chi connectivity index (χ4n) is 2.66. The molecule has 0 saturated carbocycles. The number of benzene rings is 3. The number of nitrogens with one attached hydrogen (secondary N) is 2. The molecule has 0 atom stereocenters. The van der Waals surface area contributed by atoms with Gasteiger partial charge in [0.25, 0.3) is 0 Å². The summed E-state index contributed by atoms with van der Waals surface area (Å²) in [6.45, 7) is 2.34. The van der Waals surface area contributed by atoms with Crippen LogP contribution in [-0.2, 0) is 16.2 Å². The van der Waals surface area contributed by atoms with Gasteiger partial charge in [-0.05, 0) is 54.4 Å². The summed E-state index contributed by atoms with van der Waals surface area (Å²) >= 11 is 0. The Hall–Kier alpha value is -3.80. The predicted molar refractivity (Wildman–Crippen MR) is 112 cm³/mol. The van der Waals surface area contributed by atoms with Gasteiger partial charge in [-0.2, -0.15) is 0 Å². The maximum atomic E-state index is 12.2. The van der Waals surface area contributed by atoms with Gasteiger partial charge in [0.15, 0.2) is 0 Å². The van der Waals surface area contributed by atoms with E-state index in [2.05, 4.69) is 10.6 Å². The third kappa shape index (κ3) is 5.59.